The predicted molar refractivity (Wildman–Crippen MR) is 96.6 cm³/mol. The van der Waals surface area contributed by atoms with Gasteiger partial charge in [-0.15, -0.1) is 0 Å². The van der Waals surface area contributed by atoms with Crippen molar-refractivity contribution in [2.24, 2.45) is 7.05 Å². The lowest BCUT2D eigenvalue weighted by molar-refractivity contribution is 0.415. The van der Waals surface area contributed by atoms with Gasteiger partial charge in [-0.05, 0) is 30.3 Å². The molecule has 0 radical (unpaired) electrons. The average Bonchev–Trinajstić information content (AvgIpc) is 2.96. The Balaban J connectivity index is 1.81. The summed E-state index contributed by atoms with van der Waals surface area (Å²) in [6, 6.07) is 12.7. The lowest BCUT2D eigenvalue weighted by Gasteiger charge is -2.10. The maximum atomic E-state index is 13.8. The van der Waals surface area contributed by atoms with E-state index in [1.54, 1.807) is 25.4 Å². The lowest BCUT2D eigenvalue weighted by Crippen LogP contribution is -2.07. The maximum Gasteiger partial charge on any atom is 0.203 e. The summed E-state index contributed by atoms with van der Waals surface area (Å²) in [5.41, 5.74) is 2.53. The number of rotatable bonds is 5. The molecule has 0 fully saturated rings. The van der Waals surface area contributed by atoms with Gasteiger partial charge >= 0.3 is 0 Å². The molecule has 0 aliphatic carbocycles. The quantitative estimate of drug-likeness (QED) is 0.692. The Bertz CT molecular complexity index is 863. The van der Waals surface area contributed by atoms with E-state index in [1.165, 1.54) is 6.07 Å². The minimum atomic E-state index is -0.243. The Morgan fingerprint density at radius 2 is 2.08 bits per heavy atom. The molecule has 0 aliphatic rings. The number of anilines is 1. The summed E-state index contributed by atoms with van der Waals surface area (Å²) >= 11 is 3.36. The molecule has 0 saturated heterocycles. The molecule has 2 aromatic carbocycles. The molecule has 1 N–H and O–H groups in total. The molecule has 124 valence electrons. The summed E-state index contributed by atoms with van der Waals surface area (Å²) in [7, 11) is 3.56. The zero-order chi connectivity index (χ0) is 17.1. The fraction of sp³-hybridized carbons (Fsp3) is 0.167. The molecule has 1 heterocycles. The van der Waals surface area contributed by atoms with Crippen LogP contribution in [-0.4, -0.2) is 16.7 Å². The van der Waals surface area contributed by atoms with Crippen molar-refractivity contribution in [1.82, 2.24) is 9.55 Å². The lowest BCUT2D eigenvalue weighted by atomic mass is 10.1. The van der Waals surface area contributed by atoms with E-state index >= 15 is 0 Å². The van der Waals surface area contributed by atoms with E-state index < -0.39 is 0 Å². The Morgan fingerprint density at radius 3 is 2.88 bits per heavy atom. The fourth-order valence-electron chi connectivity index (χ4n) is 2.48. The summed E-state index contributed by atoms with van der Waals surface area (Å²) in [4.78, 5) is 4.39. The average molecular weight is 390 g/mol. The van der Waals surface area contributed by atoms with Crippen LogP contribution < -0.4 is 10.1 Å². The van der Waals surface area contributed by atoms with Gasteiger partial charge < -0.3 is 14.6 Å². The zero-order valence-corrected chi connectivity index (χ0v) is 15.0. The summed E-state index contributed by atoms with van der Waals surface area (Å²) in [5, 5.41) is 3.18. The molecule has 1 aromatic heterocycles. The number of imidazole rings is 1. The Hall–Kier alpha value is -2.34. The minimum absolute atomic E-state index is 0.243. The van der Waals surface area contributed by atoms with Gasteiger partial charge in [0.05, 0.1) is 19.0 Å². The molecule has 0 amide bonds. The number of hydrogen-bond acceptors (Lipinski definition) is 3. The van der Waals surface area contributed by atoms with Crippen molar-refractivity contribution in [2.75, 3.05) is 12.4 Å². The van der Waals surface area contributed by atoms with Gasteiger partial charge in [0.2, 0.25) is 5.95 Å². The maximum absolute atomic E-state index is 13.8. The van der Waals surface area contributed by atoms with Crippen LogP contribution in [0.2, 0.25) is 0 Å². The van der Waals surface area contributed by atoms with E-state index in [0.29, 0.717) is 18.1 Å². The molecule has 0 saturated carbocycles. The van der Waals surface area contributed by atoms with Crippen molar-refractivity contribution in [1.29, 1.82) is 0 Å². The monoisotopic (exact) mass is 389 g/mol. The highest BCUT2D eigenvalue weighted by atomic mass is 79.9. The van der Waals surface area contributed by atoms with Crippen molar-refractivity contribution in [2.45, 2.75) is 6.54 Å². The van der Waals surface area contributed by atoms with Crippen LogP contribution in [0.25, 0.3) is 11.3 Å². The molecular weight excluding hydrogens is 373 g/mol. The number of nitrogens with zero attached hydrogens (tertiary/aromatic N) is 2. The van der Waals surface area contributed by atoms with Gasteiger partial charge in [0.15, 0.2) is 0 Å². The number of ether oxygens (including phenoxy) is 1. The highest BCUT2D eigenvalue weighted by molar-refractivity contribution is 9.10. The fourth-order valence-corrected chi connectivity index (χ4v) is 2.89. The van der Waals surface area contributed by atoms with Crippen LogP contribution in [0.4, 0.5) is 10.3 Å². The van der Waals surface area contributed by atoms with Crippen molar-refractivity contribution in [3.8, 4) is 17.0 Å². The summed E-state index contributed by atoms with van der Waals surface area (Å²) < 4.78 is 21.9. The first-order valence-corrected chi connectivity index (χ1v) is 8.21. The van der Waals surface area contributed by atoms with Gasteiger partial charge in [-0.25, -0.2) is 9.37 Å². The number of methoxy groups -OCH3 is 1. The van der Waals surface area contributed by atoms with Gasteiger partial charge in [-0.2, -0.15) is 0 Å². The van der Waals surface area contributed by atoms with Crippen LogP contribution in [0, 0.1) is 5.82 Å². The third-order valence-electron chi connectivity index (χ3n) is 3.80. The van der Waals surface area contributed by atoms with Crippen molar-refractivity contribution in [3.05, 3.63) is 64.5 Å². The van der Waals surface area contributed by atoms with Crippen LogP contribution in [0.1, 0.15) is 5.56 Å². The third kappa shape index (κ3) is 3.43. The van der Waals surface area contributed by atoms with E-state index in [2.05, 4.69) is 26.2 Å². The number of halogens is 2. The normalized spacial score (nSPS) is 10.7. The molecule has 0 spiro atoms. The molecule has 3 rings (SSSR count). The van der Waals surface area contributed by atoms with Gasteiger partial charge in [0.1, 0.15) is 11.6 Å². The van der Waals surface area contributed by atoms with Crippen molar-refractivity contribution < 1.29 is 9.13 Å². The van der Waals surface area contributed by atoms with Gasteiger partial charge in [0, 0.05) is 29.2 Å². The van der Waals surface area contributed by atoms with E-state index in [4.69, 9.17) is 4.74 Å². The molecule has 0 unspecified atom stereocenters. The van der Waals surface area contributed by atoms with Crippen LogP contribution in [-0.2, 0) is 13.6 Å². The van der Waals surface area contributed by atoms with Crippen LogP contribution in [0.5, 0.6) is 5.75 Å². The van der Waals surface area contributed by atoms with Crippen LogP contribution in [0.3, 0.4) is 0 Å². The molecular formula is C18H17BrFN3O. The van der Waals surface area contributed by atoms with E-state index in [-0.39, 0.29) is 5.82 Å². The highest BCUT2D eigenvalue weighted by Gasteiger charge is 2.10. The number of hydrogen-bond donors (Lipinski definition) is 1. The first kappa shape index (κ1) is 16.5. The predicted octanol–water partition coefficient (Wildman–Crippen LogP) is 4.61. The summed E-state index contributed by atoms with van der Waals surface area (Å²) in [6.45, 7) is 0.355. The Labute approximate surface area is 148 Å². The summed E-state index contributed by atoms with van der Waals surface area (Å²) in [6.07, 6.45) is 1.79. The smallest absolute Gasteiger partial charge is 0.203 e. The number of benzene rings is 2. The number of aromatic nitrogens is 2. The second kappa shape index (κ2) is 7.05. The van der Waals surface area contributed by atoms with E-state index in [0.717, 1.165) is 21.5 Å². The van der Waals surface area contributed by atoms with Gasteiger partial charge in [-0.3, -0.25) is 0 Å². The molecule has 0 atom stereocenters. The van der Waals surface area contributed by atoms with Gasteiger partial charge in [-0.1, -0.05) is 28.1 Å². The second-order valence-corrected chi connectivity index (χ2v) is 6.26. The first-order chi connectivity index (χ1) is 11.6. The van der Waals surface area contributed by atoms with Crippen molar-refractivity contribution >= 4 is 21.9 Å². The minimum Gasteiger partial charge on any atom is -0.497 e. The van der Waals surface area contributed by atoms with E-state index in [1.807, 2.05) is 35.9 Å². The first-order valence-electron chi connectivity index (χ1n) is 7.42. The second-order valence-electron chi connectivity index (χ2n) is 5.35. The number of nitrogens with one attached hydrogen (secondary N) is 1. The molecule has 3 aromatic rings. The van der Waals surface area contributed by atoms with Crippen LogP contribution in [0.15, 0.2) is 53.1 Å². The largest absolute Gasteiger partial charge is 0.497 e. The van der Waals surface area contributed by atoms with Crippen LogP contribution >= 0.6 is 15.9 Å². The molecule has 0 aliphatic heterocycles. The highest BCUT2D eigenvalue weighted by Crippen LogP contribution is 2.26. The van der Waals surface area contributed by atoms with Crippen molar-refractivity contribution in [3.63, 3.8) is 0 Å². The SMILES string of the molecule is COc1cccc(-c2cnc(NCc3cc(Br)ccc3F)n2C)c1. The third-order valence-corrected chi connectivity index (χ3v) is 4.29. The Kier molecular flexibility index (Phi) is 4.85. The van der Waals surface area contributed by atoms with E-state index in [9.17, 15) is 4.39 Å². The zero-order valence-electron chi connectivity index (χ0n) is 13.4. The molecule has 0 bridgehead atoms. The summed E-state index contributed by atoms with van der Waals surface area (Å²) in [5.74, 6) is 1.22. The molecule has 4 nitrogen and oxygen atoms in total. The molecule has 24 heavy (non-hydrogen) atoms. The molecule has 6 heteroatoms. The standard InChI is InChI=1S/C18H17BrFN3O/c1-23-17(12-4-3-5-15(9-12)24-2)11-22-18(23)21-10-13-8-14(19)6-7-16(13)20/h3-9,11H,10H2,1-2H3,(H,21,22). The topological polar surface area (TPSA) is 39.1 Å². The van der Waals surface area contributed by atoms with Gasteiger partial charge in [0.25, 0.3) is 0 Å². The Morgan fingerprint density at radius 1 is 1.25 bits per heavy atom.